The quantitative estimate of drug-likeness (QED) is 0.217. The number of rotatable bonds is 9. The van der Waals surface area contributed by atoms with Crippen LogP contribution in [0.2, 0.25) is 0 Å². The van der Waals surface area contributed by atoms with Crippen molar-refractivity contribution in [1.29, 1.82) is 0 Å². The van der Waals surface area contributed by atoms with Crippen molar-refractivity contribution >= 4 is 41.5 Å². The molecule has 0 bridgehead atoms. The zero-order valence-corrected chi connectivity index (χ0v) is 21.0. The summed E-state index contributed by atoms with van der Waals surface area (Å²) in [5.41, 5.74) is 1.26. The number of aliphatic imine (C=N–C) groups is 1. The number of carbonyl (C=O) groups is 1. The lowest BCUT2D eigenvalue weighted by atomic mass is 10.2. The third-order valence-corrected chi connectivity index (χ3v) is 4.97. The first-order valence-corrected chi connectivity index (χ1v) is 10.4. The highest BCUT2D eigenvalue weighted by atomic mass is 127. The Bertz CT molecular complexity index is 645. The van der Waals surface area contributed by atoms with Crippen molar-refractivity contribution in [3.63, 3.8) is 0 Å². The third-order valence-electron chi connectivity index (χ3n) is 4.97. The second-order valence-electron chi connectivity index (χ2n) is 7.29. The van der Waals surface area contributed by atoms with E-state index in [0.29, 0.717) is 5.96 Å². The summed E-state index contributed by atoms with van der Waals surface area (Å²) in [5.74, 6) is 1.59. The first-order chi connectivity index (χ1) is 14.0. The Labute approximate surface area is 198 Å². The highest BCUT2D eigenvalue weighted by molar-refractivity contribution is 14.0. The van der Waals surface area contributed by atoms with Gasteiger partial charge in [0.05, 0.1) is 7.11 Å². The fourth-order valence-electron chi connectivity index (χ4n) is 3.16. The number of hydrogen-bond donors (Lipinski definition) is 2. The molecule has 30 heavy (non-hydrogen) atoms. The number of amides is 1. The smallest absolute Gasteiger partial charge is 0.243 e. The molecule has 0 spiro atoms. The maximum atomic E-state index is 11.7. The van der Waals surface area contributed by atoms with E-state index >= 15 is 0 Å². The van der Waals surface area contributed by atoms with Crippen LogP contribution in [0.5, 0.6) is 5.75 Å². The van der Waals surface area contributed by atoms with E-state index < -0.39 is 0 Å². The predicted octanol–water partition coefficient (Wildman–Crippen LogP) is 1.47. The van der Waals surface area contributed by atoms with Gasteiger partial charge in [0, 0.05) is 59.1 Å². The molecule has 0 aromatic heterocycles. The normalized spacial score (nSPS) is 14.7. The minimum atomic E-state index is -0.00284. The van der Waals surface area contributed by atoms with Crippen LogP contribution >= 0.6 is 24.0 Å². The first-order valence-electron chi connectivity index (χ1n) is 10.4. The molecule has 0 radical (unpaired) electrons. The summed E-state index contributed by atoms with van der Waals surface area (Å²) in [7, 11) is 5.18. The van der Waals surface area contributed by atoms with Crippen molar-refractivity contribution in [2.24, 2.45) is 4.99 Å². The first kappa shape index (κ1) is 26.3. The average molecular weight is 532 g/mol. The van der Waals surface area contributed by atoms with Crippen molar-refractivity contribution in [3.05, 3.63) is 24.3 Å². The van der Waals surface area contributed by atoms with Gasteiger partial charge in [0.15, 0.2) is 5.96 Å². The molecule has 1 aliphatic rings. The molecular formula is C21H37IN6O2. The van der Waals surface area contributed by atoms with E-state index in [0.717, 1.165) is 58.0 Å². The van der Waals surface area contributed by atoms with E-state index in [1.165, 1.54) is 5.69 Å². The van der Waals surface area contributed by atoms with Crippen LogP contribution < -0.4 is 20.3 Å². The second-order valence-corrected chi connectivity index (χ2v) is 7.29. The summed E-state index contributed by atoms with van der Waals surface area (Å²) < 4.78 is 5.23. The van der Waals surface area contributed by atoms with Gasteiger partial charge in [0.25, 0.3) is 0 Å². The molecular weight excluding hydrogens is 495 g/mol. The number of benzene rings is 1. The molecule has 2 rings (SSSR count). The Morgan fingerprint density at radius 1 is 1.13 bits per heavy atom. The molecule has 8 nitrogen and oxygen atoms in total. The minimum absolute atomic E-state index is 0. The SMILES string of the molecule is CCNC(=NCC(=O)N(C)C)NCCCN1CCN(c2ccc(OC)cc2)CC1.I. The summed E-state index contributed by atoms with van der Waals surface area (Å²) in [6, 6.07) is 8.29. The zero-order valence-electron chi connectivity index (χ0n) is 18.7. The molecule has 0 aliphatic carbocycles. The van der Waals surface area contributed by atoms with Crippen LogP contribution in [0.25, 0.3) is 0 Å². The van der Waals surface area contributed by atoms with Crippen molar-refractivity contribution in [2.75, 3.05) is 78.5 Å². The Balaban J connectivity index is 0.00000450. The van der Waals surface area contributed by atoms with Gasteiger partial charge in [-0.1, -0.05) is 0 Å². The minimum Gasteiger partial charge on any atom is -0.497 e. The number of piperazine rings is 1. The van der Waals surface area contributed by atoms with Gasteiger partial charge in [-0.2, -0.15) is 0 Å². The summed E-state index contributed by atoms with van der Waals surface area (Å²) in [5, 5.41) is 6.51. The standard InChI is InChI=1S/C21H36N6O2.HI/c1-5-22-21(24-17-20(28)25(2)3)23-11-6-12-26-13-15-27(16-14-26)18-7-9-19(29-4)10-8-18;/h7-10H,5-6,11-17H2,1-4H3,(H2,22,23,24);1H. The van der Waals surface area contributed by atoms with Crippen molar-refractivity contribution in [3.8, 4) is 5.75 Å². The number of nitrogens with one attached hydrogen (secondary N) is 2. The number of hydrogen-bond acceptors (Lipinski definition) is 5. The van der Waals surface area contributed by atoms with Gasteiger partial charge < -0.3 is 25.2 Å². The maximum Gasteiger partial charge on any atom is 0.243 e. The van der Waals surface area contributed by atoms with E-state index in [1.54, 1.807) is 26.1 Å². The van der Waals surface area contributed by atoms with E-state index in [-0.39, 0.29) is 36.4 Å². The van der Waals surface area contributed by atoms with Crippen LogP contribution in [0.1, 0.15) is 13.3 Å². The topological polar surface area (TPSA) is 72.4 Å². The summed E-state index contributed by atoms with van der Waals surface area (Å²) in [6.45, 7) is 9.06. The van der Waals surface area contributed by atoms with Gasteiger partial charge in [-0.15, -0.1) is 24.0 Å². The monoisotopic (exact) mass is 532 g/mol. The van der Waals surface area contributed by atoms with E-state index in [1.807, 2.05) is 19.1 Å². The second kappa shape index (κ2) is 14.3. The summed E-state index contributed by atoms with van der Waals surface area (Å²) >= 11 is 0. The molecule has 1 amide bonds. The van der Waals surface area contributed by atoms with Gasteiger partial charge in [-0.25, -0.2) is 4.99 Å². The number of ether oxygens (including phenoxy) is 1. The number of carbonyl (C=O) groups excluding carboxylic acids is 1. The fraction of sp³-hybridized carbons (Fsp3) is 0.619. The van der Waals surface area contributed by atoms with Gasteiger partial charge in [-0.3, -0.25) is 9.69 Å². The third kappa shape index (κ3) is 8.95. The molecule has 0 saturated carbocycles. The Morgan fingerprint density at radius 2 is 1.80 bits per heavy atom. The highest BCUT2D eigenvalue weighted by Gasteiger charge is 2.16. The van der Waals surface area contributed by atoms with Gasteiger partial charge in [0.2, 0.25) is 5.91 Å². The molecule has 1 heterocycles. The van der Waals surface area contributed by atoms with Gasteiger partial charge in [0.1, 0.15) is 12.3 Å². The molecule has 9 heteroatoms. The van der Waals surface area contributed by atoms with Crippen molar-refractivity contribution in [2.45, 2.75) is 13.3 Å². The fourth-order valence-corrected chi connectivity index (χ4v) is 3.16. The molecule has 0 atom stereocenters. The molecule has 1 aromatic carbocycles. The average Bonchev–Trinajstić information content (AvgIpc) is 2.75. The summed E-state index contributed by atoms with van der Waals surface area (Å²) in [6.07, 6.45) is 1.04. The molecule has 2 N–H and O–H groups in total. The highest BCUT2D eigenvalue weighted by Crippen LogP contribution is 2.20. The van der Waals surface area contributed by atoms with Gasteiger partial charge in [-0.05, 0) is 44.2 Å². The van der Waals surface area contributed by atoms with Crippen molar-refractivity contribution < 1.29 is 9.53 Å². The van der Waals surface area contributed by atoms with Crippen LogP contribution in [0.4, 0.5) is 5.69 Å². The van der Waals surface area contributed by atoms with E-state index in [2.05, 4.69) is 37.6 Å². The van der Waals surface area contributed by atoms with Gasteiger partial charge >= 0.3 is 0 Å². The number of anilines is 1. The lowest BCUT2D eigenvalue weighted by molar-refractivity contribution is -0.127. The lowest BCUT2D eigenvalue weighted by Gasteiger charge is -2.36. The molecule has 0 unspecified atom stereocenters. The van der Waals surface area contributed by atoms with E-state index in [9.17, 15) is 4.79 Å². The molecule has 1 aromatic rings. The number of halogens is 1. The molecule has 1 aliphatic heterocycles. The lowest BCUT2D eigenvalue weighted by Crippen LogP contribution is -2.47. The van der Waals surface area contributed by atoms with Crippen LogP contribution in [0.15, 0.2) is 29.3 Å². The molecule has 1 fully saturated rings. The molecule has 170 valence electrons. The Morgan fingerprint density at radius 3 is 2.37 bits per heavy atom. The number of likely N-dealkylation sites (N-methyl/N-ethyl adjacent to an activating group) is 1. The Hall–Kier alpha value is -1.75. The maximum absolute atomic E-state index is 11.7. The van der Waals surface area contributed by atoms with Crippen LogP contribution in [0.3, 0.4) is 0 Å². The number of guanidine groups is 1. The van der Waals surface area contributed by atoms with Crippen LogP contribution in [-0.4, -0.2) is 95.2 Å². The predicted molar refractivity (Wildman–Crippen MR) is 134 cm³/mol. The van der Waals surface area contributed by atoms with Crippen LogP contribution in [0, 0.1) is 0 Å². The number of methoxy groups -OCH3 is 1. The number of nitrogens with zero attached hydrogens (tertiary/aromatic N) is 4. The van der Waals surface area contributed by atoms with E-state index in [4.69, 9.17) is 4.74 Å². The largest absolute Gasteiger partial charge is 0.497 e. The van der Waals surface area contributed by atoms with Crippen molar-refractivity contribution in [1.82, 2.24) is 20.4 Å². The molecule has 1 saturated heterocycles. The zero-order chi connectivity index (χ0) is 21.1. The van der Waals surface area contributed by atoms with Crippen LogP contribution in [-0.2, 0) is 4.79 Å². The Kier molecular flexibility index (Phi) is 12.5. The summed E-state index contributed by atoms with van der Waals surface area (Å²) in [4.78, 5) is 22.5.